The maximum Gasteiger partial charge on any atom is 0.234 e. The Balaban J connectivity index is 1.77. The lowest BCUT2D eigenvalue weighted by Gasteiger charge is -2.12. The van der Waals surface area contributed by atoms with E-state index >= 15 is 0 Å². The van der Waals surface area contributed by atoms with Gasteiger partial charge in [-0.05, 0) is 44.0 Å². The zero-order valence-electron chi connectivity index (χ0n) is 17.9. The summed E-state index contributed by atoms with van der Waals surface area (Å²) in [5.41, 5.74) is 3.79. The molecule has 0 saturated heterocycles. The predicted octanol–water partition coefficient (Wildman–Crippen LogP) is 4.33. The molecule has 1 amide bonds. The number of nitrogens with one attached hydrogen (secondary N) is 1. The van der Waals surface area contributed by atoms with Gasteiger partial charge in [0.2, 0.25) is 5.91 Å². The summed E-state index contributed by atoms with van der Waals surface area (Å²) >= 11 is 1.36. The first kappa shape index (κ1) is 21.7. The Morgan fingerprint density at radius 3 is 2.27 bits per heavy atom. The van der Waals surface area contributed by atoms with Crippen LogP contribution in [0.25, 0.3) is 11.4 Å². The average molecular weight is 427 g/mol. The van der Waals surface area contributed by atoms with Gasteiger partial charge in [0.05, 0.1) is 20.0 Å². The molecule has 3 aromatic rings. The molecule has 0 spiro atoms. The highest BCUT2D eigenvalue weighted by Gasteiger charge is 2.17. The van der Waals surface area contributed by atoms with E-state index in [4.69, 9.17) is 9.47 Å². The molecular weight excluding hydrogens is 400 g/mol. The number of hydrogen-bond donors (Lipinski definition) is 1. The van der Waals surface area contributed by atoms with E-state index < -0.39 is 0 Å². The van der Waals surface area contributed by atoms with Crippen LogP contribution in [0.4, 0.5) is 5.69 Å². The van der Waals surface area contributed by atoms with Crippen LogP contribution in [0, 0.1) is 13.8 Å². The summed E-state index contributed by atoms with van der Waals surface area (Å²) in [6, 6.07) is 11.5. The summed E-state index contributed by atoms with van der Waals surface area (Å²) in [4.78, 5) is 12.5. The summed E-state index contributed by atoms with van der Waals surface area (Å²) in [6.45, 7) is 6.66. The number of rotatable bonds is 8. The van der Waals surface area contributed by atoms with E-state index in [-0.39, 0.29) is 11.7 Å². The molecule has 0 aliphatic rings. The number of benzene rings is 2. The summed E-state index contributed by atoms with van der Waals surface area (Å²) in [5, 5.41) is 12.3. The Labute approximate surface area is 180 Å². The van der Waals surface area contributed by atoms with E-state index in [1.54, 1.807) is 14.2 Å². The van der Waals surface area contributed by atoms with Crippen LogP contribution in [-0.2, 0) is 11.3 Å². The predicted molar refractivity (Wildman–Crippen MR) is 120 cm³/mol. The van der Waals surface area contributed by atoms with Gasteiger partial charge >= 0.3 is 0 Å². The van der Waals surface area contributed by atoms with E-state index in [1.807, 2.05) is 61.7 Å². The highest BCUT2D eigenvalue weighted by molar-refractivity contribution is 7.99. The second-order valence-corrected chi connectivity index (χ2v) is 7.70. The van der Waals surface area contributed by atoms with Crippen molar-refractivity contribution in [1.82, 2.24) is 14.8 Å². The van der Waals surface area contributed by atoms with Gasteiger partial charge in [0, 0.05) is 23.9 Å². The number of ether oxygens (including phenoxy) is 2. The highest BCUT2D eigenvalue weighted by Crippen LogP contribution is 2.31. The molecule has 0 aliphatic heterocycles. The zero-order valence-corrected chi connectivity index (χ0v) is 18.7. The average Bonchev–Trinajstić information content (AvgIpc) is 3.17. The Morgan fingerprint density at radius 2 is 1.70 bits per heavy atom. The van der Waals surface area contributed by atoms with Crippen molar-refractivity contribution in [2.45, 2.75) is 32.5 Å². The Morgan fingerprint density at radius 1 is 1.07 bits per heavy atom. The minimum Gasteiger partial charge on any atom is -0.497 e. The SMILES string of the molecule is CCn1c(SCC(=O)Nc2c(C)cccc2C)nnc1-c1cc(OC)cc(OC)c1. The number of anilines is 1. The van der Waals surface area contributed by atoms with Gasteiger partial charge < -0.3 is 19.4 Å². The Hall–Kier alpha value is -3.00. The van der Waals surface area contributed by atoms with Crippen LogP contribution in [0.5, 0.6) is 11.5 Å². The largest absolute Gasteiger partial charge is 0.497 e. The van der Waals surface area contributed by atoms with Crippen molar-refractivity contribution in [2.75, 3.05) is 25.3 Å². The van der Waals surface area contributed by atoms with Crippen LogP contribution >= 0.6 is 11.8 Å². The summed E-state index contributed by atoms with van der Waals surface area (Å²) in [6.07, 6.45) is 0. The van der Waals surface area contributed by atoms with Crippen LogP contribution in [0.3, 0.4) is 0 Å². The van der Waals surface area contributed by atoms with E-state index in [0.717, 1.165) is 22.4 Å². The number of amides is 1. The number of hydrogen-bond acceptors (Lipinski definition) is 6. The topological polar surface area (TPSA) is 78.3 Å². The number of aryl methyl sites for hydroxylation is 2. The Bertz CT molecular complexity index is 1010. The number of carbonyl (C=O) groups excluding carboxylic acids is 1. The molecule has 0 bridgehead atoms. The molecule has 1 aromatic heterocycles. The molecular formula is C22H26N4O3S. The van der Waals surface area contributed by atoms with Gasteiger partial charge in [0.25, 0.3) is 0 Å². The van der Waals surface area contributed by atoms with Crippen LogP contribution < -0.4 is 14.8 Å². The molecule has 0 aliphatic carbocycles. The number of methoxy groups -OCH3 is 2. The maximum atomic E-state index is 12.5. The summed E-state index contributed by atoms with van der Waals surface area (Å²) < 4.78 is 12.7. The van der Waals surface area contributed by atoms with Crippen LogP contribution in [0.1, 0.15) is 18.1 Å². The molecule has 0 saturated carbocycles. The first-order valence-electron chi connectivity index (χ1n) is 9.62. The molecule has 0 atom stereocenters. The number of carbonyl (C=O) groups is 1. The van der Waals surface area contributed by atoms with Gasteiger partial charge in [-0.1, -0.05) is 30.0 Å². The minimum atomic E-state index is -0.0762. The van der Waals surface area contributed by atoms with Crippen molar-refractivity contribution in [3.05, 3.63) is 47.5 Å². The van der Waals surface area contributed by atoms with Gasteiger partial charge in [-0.25, -0.2) is 0 Å². The first-order valence-corrected chi connectivity index (χ1v) is 10.6. The third-order valence-electron chi connectivity index (χ3n) is 4.72. The number of aromatic nitrogens is 3. The van der Waals surface area contributed by atoms with E-state index in [1.165, 1.54) is 11.8 Å². The smallest absolute Gasteiger partial charge is 0.234 e. The highest BCUT2D eigenvalue weighted by atomic mass is 32.2. The summed E-state index contributed by atoms with van der Waals surface area (Å²) in [5.74, 6) is 2.22. The lowest BCUT2D eigenvalue weighted by molar-refractivity contribution is -0.113. The molecule has 0 radical (unpaired) electrons. The molecule has 0 fully saturated rings. The normalized spacial score (nSPS) is 10.7. The molecule has 2 aromatic carbocycles. The van der Waals surface area contributed by atoms with E-state index in [9.17, 15) is 4.79 Å². The van der Waals surface area contributed by atoms with Crippen LogP contribution in [0.2, 0.25) is 0 Å². The zero-order chi connectivity index (χ0) is 21.7. The molecule has 3 rings (SSSR count). The third-order valence-corrected chi connectivity index (χ3v) is 5.69. The Kier molecular flexibility index (Phi) is 6.99. The van der Waals surface area contributed by atoms with Crippen LogP contribution in [0.15, 0.2) is 41.6 Å². The van der Waals surface area contributed by atoms with Crippen molar-refractivity contribution in [2.24, 2.45) is 0 Å². The van der Waals surface area contributed by atoms with E-state index in [0.29, 0.717) is 29.0 Å². The quantitative estimate of drug-likeness (QED) is 0.540. The standard InChI is InChI=1S/C22H26N4O3S/c1-6-26-21(16-10-17(28-4)12-18(11-16)29-5)24-25-22(26)30-13-19(27)23-20-14(2)8-7-9-15(20)3/h7-12H,6,13H2,1-5H3,(H,23,27). The monoisotopic (exact) mass is 426 g/mol. The molecule has 7 nitrogen and oxygen atoms in total. The fourth-order valence-electron chi connectivity index (χ4n) is 3.15. The van der Waals surface area contributed by atoms with Crippen molar-refractivity contribution in [3.8, 4) is 22.9 Å². The third kappa shape index (κ3) is 4.76. The van der Waals surface area contributed by atoms with Crippen molar-refractivity contribution in [3.63, 3.8) is 0 Å². The molecule has 1 N–H and O–H groups in total. The molecule has 1 heterocycles. The minimum absolute atomic E-state index is 0.0762. The van der Waals surface area contributed by atoms with E-state index in [2.05, 4.69) is 15.5 Å². The van der Waals surface area contributed by atoms with Gasteiger partial charge in [-0.3, -0.25) is 4.79 Å². The number of thioether (sulfide) groups is 1. The molecule has 30 heavy (non-hydrogen) atoms. The maximum absolute atomic E-state index is 12.5. The van der Waals surface area contributed by atoms with Gasteiger partial charge in [-0.2, -0.15) is 0 Å². The molecule has 158 valence electrons. The van der Waals surface area contributed by atoms with Crippen molar-refractivity contribution in [1.29, 1.82) is 0 Å². The van der Waals surface area contributed by atoms with Gasteiger partial charge in [0.15, 0.2) is 11.0 Å². The number of nitrogens with zero attached hydrogens (tertiary/aromatic N) is 3. The fraction of sp³-hybridized carbons (Fsp3) is 0.318. The number of para-hydroxylation sites is 1. The van der Waals surface area contributed by atoms with Gasteiger partial charge in [-0.15, -0.1) is 10.2 Å². The second-order valence-electron chi connectivity index (χ2n) is 6.76. The van der Waals surface area contributed by atoms with Gasteiger partial charge in [0.1, 0.15) is 11.5 Å². The lowest BCUT2D eigenvalue weighted by Crippen LogP contribution is -2.16. The van der Waals surface area contributed by atoms with Crippen molar-refractivity contribution >= 4 is 23.4 Å². The van der Waals surface area contributed by atoms with Crippen LogP contribution in [-0.4, -0.2) is 40.6 Å². The molecule has 0 unspecified atom stereocenters. The second kappa shape index (κ2) is 9.67. The lowest BCUT2D eigenvalue weighted by atomic mass is 10.1. The fourth-order valence-corrected chi connectivity index (χ4v) is 3.95. The first-order chi connectivity index (χ1) is 14.5. The molecule has 8 heteroatoms. The van der Waals surface area contributed by atoms with Crippen molar-refractivity contribution < 1.29 is 14.3 Å². The summed E-state index contributed by atoms with van der Waals surface area (Å²) in [7, 11) is 3.22.